The zero-order valence-corrected chi connectivity index (χ0v) is 13.9. The third kappa shape index (κ3) is 5.41. The highest BCUT2D eigenvalue weighted by Gasteiger charge is 2.40. The van der Waals surface area contributed by atoms with Crippen LogP contribution >= 0.6 is 0 Å². The second-order valence-corrected chi connectivity index (χ2v) is 6.41. The lowest BCUT2D eigenvalue weighted by atomic mass is 10.00. The summed E-state index contributed by atoms with van der Waals surface area (Å²) in [5.41, 5.74) is -0.611. The van der Waals surface area contributed by atoms with Crippen LogP contribution in [0.15, 0.2) is 0 Å². The molecule has 0 aromatic heterocycles. The highest BCUT2D eigenvalue weighted by molar-refractivity contribution is 5.80. The molecular weight excluding hydrogens is 252 g/mol. The minimum atomic E-state index is -0.611. The normalized spacial score (nSPS) is 18.4. The van der Waals surface area contributed by atoms with Crippen molar-refractivity contribution in [2.75, 3.05) is 19.7 Å². The average molecular weight is 284 g/mol. The molecule has 4 heteroatoms. The van der Waals surface area contributed by atoms with Gasteiger partial charge in [0.25, 0.3) is 0 Å². The number of ether oxygens (including phenoxy) is 1. The van der Waals surface area contributed by atoms with E-state index in [1.165, 1.54) is 25.7 Å². The average Bonchev–Trinajstić information content (AvgIpc) is 3.18. The summed E-state index contributed by atoms with van der Waals surface area (Å²) >= 11 is 0. The number of nitrogens with one attached hydrogen (secondary N) is 1. The highest BCUT2D eigenvalue weighted by atomic mass is 16.5. The molecule has 0 bridgehead atoms. The largest absolute Gasteiger partial charge is 0.465 e. The fraction of sp³-hybridized carbons (Fsp3) is 0.938. The Morgan fingerprint density at radius 3 is 2.50 bits per heavy atom. The SMILES string of the molecule is CCCCN(CC(C)(NC(C)C)C(=O)OCC)C1CC1. The summed E-state index contributed by atoms with van der Waals surface area (Å²) in [4.78, 5) is 14.8. The molecule has 1 atom stereocenters. The van der Waals surface area contributed by atoms with Gasteiger partial charge in [-0.05, 0) is 53.5 Å². The molecule has 1 fully saturated rings. The molecule has 0 amide bonds. The van der Waals surface area contributed by atoms with Gasteiger partial charge in [0.2, 0.25) is 0 Å². The molecule has 1 saturated carbocycles. The van der Waals surface area contributed by atoms with Crippen LogP contribution in [0, 0.1) is 0 Å². The smallest absolute Gasteiger partial charge is 0.327 e. The Morgan fingerprint density at radius 1 is 1.40 bits per heavy atom. The van der Waals surface area contributed by atoms with Gasteiger partial charge in [-0.1, -0.05) is 13.3 Å². The van der Waals surface area contributed by atoms with Crippen molar-refractivity contribution in [3.63, 3.8) is 0 Å². The first kappa shape index (κ1) is 17.4. The van der Waals surface area contributed by atoms with E-state index in [4.69, 9.17) is 4.74 Å². The minimum Gasteiger partial charge on any atom is -0.465 e. The van der Waals surface area contributed by atoms with Crippen molar-refractivity contribution < 1.29 is 9.53 Å². The zero-order chi connectivity index (χ0) is 15.2. The van der Waals surface area contributed by atoms with Crippen molar-refractivity contribution in [2.24, 2.45) is 0 Å². The zero-order valence-electron chi connectivity index (χ0n) is 13.9. The predicted octanol–water partition coefficient (Wildman–Crippen LogP) is 2.57. The van der Waals surface area contributed by atoms with Crippen LogP contribution < -0.4 is 5.32 Å². The quantitative estimate of drug-likeness (QED) is 0.626. The van der Waals surface area contributed by atoms with Crippen LogP contribution in [0.4, 0.5) is 0 Å². The summed E-state index contributed by atoms with van der Waals surface area (Å²) in [5.74, 6) is -0.129. The van der Waals surface area contributed by atoms with Gasteiger partial charge in [-0.3, -0.25) is 15.0 Å². The molecule has 0 saturated heterocycles. The van der Waals surface area contributed by atoms with Crippen LogP contribution in [0.2, 0.25) is 0 Å². The molecule has 0 aromatic rings. The van der Waals surface area contributed by atoms with Gasteiger partial charge in [-0.2, -0.15) is 0 Å². The predicted molar refractivity (Wildman–Crippen MR) is 82.8 cm³/mol. The Bertz CT molecular complexity index is 303. The summed E-state index contributed by atoms with van der Waals surface area (Å²) in [6.45, 7) is 12.5. The minimum absolute atomic E-state index is 0.129. The lowest BCUT2D eigenvalue weighted by Gasteiger charge is -2.36. The summed E-state index contributed by atoms with van der Waals surface area (Å²) in [6, 6.07) is 0.931. The Labute approximate surface area is 124 Å². The van der Waals surface area contributed by atoms with Crippen LogP contribution in [0.3, 0.4) is 0 Å². The molecule has 0 aromatic carbocycles. The Hall–Kier alpha value is -0.610. The number of hydrogen-bond acceptors (Lipinski definition) is 4. The summed E-state index contributed by atoms with van der Waals surface area (Å²) < 4.78 is 5.29. The lowest BCUT2D eigenvalue weighted by molar-refractivity contribution is -0.151. The molecule has 1 aliphatic rings. The first-order valence-corrected chi connectivity index (χ1v) is 8.12. The van der Waals surface area contributed by atoms with Crippen molar-refractivity contribution in [2.45, 2.75) is 77.9 Å². The Morgan fingerprint density at radius 2 is 2.05 bits per heavy atom. The molecule has 4 nitrogen and oxygen atoms in total. The number of hydrogen-bond donors (Lipinski definition) is 1. The fourth-order valence-electron chi connectivity index (χ4n) is 2.69. The number of carbonyl (C=O) groups excluding carboxylic acids is 1. The fourth-order valence-corrected chi connectivity index (χ4v) is 2.69. The number of unbranched alkanes of at least 4 members (excludes halogenated alkanes) is 1. The third-order valence-electron chi connectivity index (χ3n) is 3.71. The molecule has 20 heavy (non-hydrogen) atoms. The number of esters is 1. The van der Waals surface area contributed by atoms with E-state index in [0.29, 0.717) is 12.6 Å². The van der Waals surface area contributed by atoms with Gasteiger partial charge in [-0.25, -0.2) is 0 Å². The second kappa shape index (κ2) is 7.99. The molecule has 1 unspecified atom stereocenters. The Kier molecular flexibility index (Phi) is 6.96. The van der Waals surface area contributed by atoms with E-state index in [0.717, 1.165) is 13.1 Å². The van der Waals surface area contributed by atoms with Gasteiger partial charge in [-0.15, -0.1) is 0 Å². The number of rotatable bonds is 10. The summed E-state index contributed by atoms with van der Waals surface area (Å²) in [5, 5.41) is 3.41. The molecule has 118 valence electrons. The van der Waals surface area contributed by atoms with Gasteiger partial charge in [0.05, 0.1) is 6.61 Å². The Balaban J connectivity index is 2.72. The van der Waals surface area contributed by atoms with Gasteiger partial charge in [0.1, 0.15) is 5.54 Å². The molecule has 1 N–H and O–H groups in total. The van der Waals surface area contributed by atoms with E-state index >= 15 is 0 Å². The van der Waals surface area contributed by atoms with E-state index in [2.05, 4.69) is 31.0 Å². The van der Waals surface area contributed by atoms with Crippen molar-refractivity contribution in [1.82, 2.24) is 10.2 Å². The monoisotopic (exact) mass is 284 g/mol. The molecule has 1 rings (SSSR count). The van der Waals surface area contributed by atoms with Crippen LogP contribution in [-0.2, 0) is 9.53 Å². The molecular formula is C16H32N2O2. The van der Waals surface area contributed by atoms with Crippen LogP contribution in [0.1, 0.15) is 60.3 Å². The highest BCUT2D eigenvalue weighted by Crippen LogP contribution is 2.29. The molecule has 0 aliphatic heterocycles. The standard InChI is InChI=1S/C16H32N2O2/c1-6-8-11-18(14-9-10-14)12-16(5,17-13(3)4)15(19)20-7-2/h13-14,17H,6-12H2,1-5H3. The molecule has 1 aliphatic carbocycles. The maximum atomic E-state index is 12.3. The molecule has 0 radical (unpaired) electrons. The van der Waals surface area contributed by atoms with Gasteiger partial charge >= 0.3 is 5.97 Å². The maximum Gasteiger partial charge on any atom is 0.327 e. The van der Waals surface area contributed by atoms with Crippen molar-refractivity contribution in [1.29, 1.82) is 0 Å². The van der Waals surface area contributed by atoms with E-state index in [1.54, 1.807) is 0 Å². The molecule has 0 heterocycles. The van der Waals surface area contributed by atoms with Crippen molar-refractivity contribution in [3.8, 4) is 0 Å². The van der Waals surface area contributed by atoms with E-state index in [-0.39, 0.29) is 12.0 Å². The van der Waals surface area contributed by atoms with Crippen LogP contribution in [-0.4, -0.2) is 48.2 Å². The van der Waals surface area contributed by atoms with Crippen molar-refractivity contribution in [3.05, 3.63) is 0 Å². The topological polar surface area (TPSA) is 41.6 Å². The van der Waals surface area contributed by atoms with Crippen LogP contribution in [0.25, 0.3) is 0 Å². The lowest BCUT2D eigenvalue weighted by Crippen LogP contribution is -2.60. The second-order valence-electron chi connectivity index (χ2n) is 6.41. The van der Waals surface area contributed by atoms with E-state index in [1.807, 2.05) is 13.8 Å². The maximum absolute atomic E-state index is 12.3. The number of nitrogens with zero attached hydrogens (tertiary/aromatic N) is 1. The molecule has 0 spiro atoms. The van der Waals surface area contributed by atoms with Crippen molar-refractivity contribution >= 4 is 5.97 Å². The van der Waals surface area contributed by atoms with Gasteiger partial charge in [0.15, 0.2) is 0 Å². The van der Waals surface area contributed by atoms with Crippen LogP contribution in [0.5, 0.6) is 0 Å². The first-order valence-electron chi connectivity index (χ1n) is 8.12. The van der Waals surface area contributed by atoms with E-state index in [9.17, 15) is 4.79 Å². The first-order chi connectivity index (χ1) is 9.42. The third-order valence-corrected chi connectivity index (χ3v) is 3.71. The van der Waals surface area contributed by atoms with E-state index < -0.39 is 5.54 Å². The van der Waals surface area contributed by atoms with Gasteiger partial charge in [0, 0.05) is 18.6 Å². The van der Waals surface area contributed by atoms with Gasteiger partial charge < -0.3 is 4.74 Å². The number of carbonyl (C=O) groups is 1. The summed E-state index contributed by atoms with van der Waals surface area (Å²) in [7, 11) is 0. The summed E-state index contributed by atoms with van der Waals surface area (Å²) in [6.07, 6.45) is 4.92.